The first-order valence-electron chi connectivity index (χ1n) is 6.43. The van der Waals surface area contributed by atoms with Gasteiger partial charge in [0.25, 0.3) is 0 Å². The van der Waals surface area contributed by atoms with E-state index >= 15 is 0 Å². The lowest BCUT2D eigenvalue weighted by Gasteiger charge is -2.16. The molecule has 0 radical (unpaired) electrons. The molecule has 1 aliphatic carbocycles. The maximum absolute atomic E-state index is 11.3. The molecule has 1 unspecified atom stereocenters. The van der Waals surface area contributed by atoms with Crippen LogP contribution in [-0.4, -0.2) is 32.2 Å². The number of aromatic nitrogens is 4. The highest BCUT2D eigenvalue weighted by Crippen LogP contribution is 2.33. The van der Waals surface area contributed by atoms with Gasteiger partial charge >= 0.3 is 5.69 Å². The summed E-state index contributed by atoms with van der Waals surface area (Å²) in [5, 5.41) is 9.89. The molecule has 6 heteroatoms. The Morgan fingerprint density at radius 1 is 1.61 bits per heavy atom. The van der Waals surface area contributed by atoms with E-state index in [0.717, 1.165) is 24.6 Å². The number of nitrogens with one attached hydrogen (secondary N) is 2. The molecule has 2 N–H and O–H groups in total. The van der Waals surface area contributed by atoms with Crippen molar-refractivity contribution < 1.29 is 0 Å². The van der Waals surface area contributed by atoms with Gasteiger partial charge in [0.2, 0.25) is 0 Å². The minimum absolute atomic E-state index is 0.241. The first kappa shape index (κ1) is 11.4. The van der Waals surface area contributed by atoms with Crippen LogP contribution in [0.4, 0.5) is 0 Å². The Balaban J connectivity index is 1.82. The van der Waals surface area contributed by atoms with Crippen LogP contribution >= 0.6 is 0 Å². The Hall–Kier alpha value is -1.69. The fourth-order valence-electron chi connectivity index (χ4n) is 2.35. The summed E-state index contributed by atoms with van der Waals surface area (Å²) in [5.74, 6) is 0.782. The van der Waals surface area contributed by atoms with E-state index < -0.39 is 0 Å². The van der Waals surface area contributed by atoms with E-state index in [1.165, 1.54) is 17.2 Å². The van der Waals surface area contributed by atoms with Gasteiger partial charge in [-0.1, -0.05) is 6.92 Å². The predicted molar refractivity (Wildman–Crippen MR) is 67.5 cm³/mol. The molecule has 0 spiro atoms. The van der Waals surface area contributed by atoms with Crippen molar-refractivity contribution in [3.05, 3.63) is 28.6 Å². The second-order valence-electron chi connectivity index (χ2n) is 4.84. The van der Waals surface area contributed by atoms with Gasteiger partial charge in [-0.05, 0) is 25.3 Å². The van der Waals surface area contributed by atoms with Gasteiger partial charge < -0.3 is 5.32 Å². The van der Waals surface area contributed by atoms with Crippen molar-refractivity contribution >= 4 is 5.65 Å². The van der Waals surface area contributed by atoms with E-state index in [4.69, 9.17) is 0 Å². The first-order chi connectivity index (χ1) is 8.78. The summed E-state index contributed by atoms with van der Waals surface area (Å²) in [6.07, 6.45) is 5.06. The summed E-state index contributed by atoms with van der Waals surface area (Å²) < 4.78 is 1.42. The van der Waals surface area contributed by atoms with E-state index in [0.29, 0.717) is 11.7 Å². The highest BCUT2D eigenvalue weighted by molar-refractivity contribution is 5.36. The largest absolute Gasteiger partial charge is 0.348 e. The summed E-state index contributed by atoms with van der Waals surface area (Å²) in [4.78, 5) is 15.7. The summed E-state index contributed by atoms with van der Waals surface area (Å²) in [6, 6.07) is 2.38. The molecular formula is C12H17N5O. The van der Waals surface area contributed by atoms with Gasteiger partial charge in [0, 0.05) is 24.2 Å². The van der Waals surface area contributed by atoms with E-state index in [1.54, 1.807) is 6.33 Å². The number of rotatable bonds is 5. The SMILES string of the molecule is CCNC(Cc1cc2n[nH]c(=O)n2cn1)C1CC1. The van der Waals surface area contributed by atoms with Crippen LogP contribution in [0.2, 0.25) is 0 Å². The minimum Gasteiger partial charge on any atom is -0.314 e. The van der Waals surface area contributed by atoms with E-state index in [2.05, 4.69) is 27.4 Å². The monoisotopic (exact) mass is 247 g/mol. The Labute approximate surface area is 104 Å². The third kappa shape index (κ3) is 2.15. The highest BCUT2D eigenvalue weighted by atomic mass is 16.1. The zero-order valence-corrected chi connectivity index (χ0v) is 10.4. The van der Waals surface area contributed by atoms with E-state index in [1.807, 2.05) is 6.07 Å². The summed E-state index contributed by atoms with van der Waals surface area (Å²) in [7, 11) is 0. The van der Waals surface area contributed by atoms with Crippen molar-refractivity contribution in [3.8, 4) is 0 Å². The highest BCUT2D eigenvalue weighted by Gasteiger charge is 2.30. The Morgan fingerprint density at radius 2 is 2.44 bits per heavy atom. The molecule has 96 valence electrons. The molecule has 1 fully saturated rings. The summed E-state index contributed by atoms with van der Waals surface area (Å²) in [5.41, 5.74) is 1.38. The van der Waals surface area contributed by atoms with Crippen LogP contribution in [0.5, 0.6) is 0 Å². The number of H-pyrrole nitrogens is 1. The molecule has 3 rings (SSSR count). The number of aromatic amines is 1. The third-order valence-corrected chi connectivity index (χ3v) is 3.45. The molecule has 2 heterocycles. The summed E-state index contributed by atoms with van der Waals surface area (Å²) >= 11 is 0. The molecular weight excluding hydrogens is 230 g/mol. The Kier molecular flexibility index (Phi) is 2.87. The van der Waals surface area contributed by atoms with Gasteiger partial charge in [0.05, 0.1) is 0 Å². The molecule has 18 heavy (non-hydrogen) atoms. The second-order valence-corrected chi connectivity index (χ2v) is 4.84. The minimum atomic E-state index is -0.241. The van der Waals surface area contributed by atoms with Crippen LogP contribution in [-0.2, 0) is 6.42 Å². The number of hydrogen-bond donors (Lipinski definition) is 2. The van der Waals surface area contributed by atoms with Crippen molar-refractivity contribution in [1.29, 1.82) is 0 Å². The van der Waals surface area contributed by atoms with Gasteiger partial charge in [-0.2, -0.15) is 5.10 Å². The number of hydrogen-bond acceptors (Lipinski definition) is 4. The molecule has 0 amide bonds. The molecule has 2 aromatic heterocycles. The third-order valence-electron chi connectivity index (χ3n) is 3.45. The molecule has 0 saturated heterocycles. The van der Waals surface area contributed by atoms with Crippen LogP contribution in [0.15, 0.2) is 17.2 Å². The molecule has 1 saturated carbocycles. The molecule has 1 aliphatic rings. The van der Waals surface area contributed by atoms with E-state index in [9.17, 15) is 4.79 Å². The first-order valence-corrected chi connectivity index (χ1v) is 6.43. The molecule has 0 aromatic carbocycles. The van der Waals surface area contributed by atoms with Crippen molar-refractivity contribution in [2.75, 3.05) is 6.54 Å². The Bertz CT molecular complexity index is 598. The smallest absolute Gasteiger partial charge is 0.314 e. The lowest BCUT2D eigenvalue weighted by molar-refractivity contribution is 0.468. The molecule has 6 nitrogen and oxygen atoms in total. The summed E-state index contributed by atoms with van der Waals surface area (Å²) in [6.45, 7) is 3.10. The standard InChI is InChI=1S/C12H17N5O/c1-2-13-10(8-3-4-8)5-9-6-11-15-16-12(18)17(11)7-14-9/h6-8,10,13H,2-5H2,1H3,(H,16,18). The van der Waals surface area contributed by atoms with Gasteiger partial charge in [0.15, 0.2) is 5.65 Å². The number of likely N-dealkylation sites (N-methyl/N-ethyl adjacent to an activating group) is 1. The van der Waals surface area contributed by atoms with Gasteiger partial charge in [0.1, 0.15) is 6.33 Å². The topological polar surface area (TPSA) is 75.1 Å². The maximum atomic E-state index is 11.3. The van der Waals surface area contributed by atoms with Crippen LogP contribution in [0, 0.1) is 5.92 Å². The molecule has 0 bridgehead atoms. The van der Waals surface area contributed by atoms with Gasteiger partial charge in [-0.15, -0.1) is 0 Å². The lowest BCUT2D eigenvalue weighted by Crippen LogP contribution is -2.33. The van der Waals surface area contributed by atoms with Crippen molar-refractivity contribution in [2.24, 2.45) is 5.92 Å². The van der Waals surface area contributed by atoms with Crippen molar-refractivity contribution in [2.45, 2.75) is 32.2 Å². The van der Waals surface area contributed by atoms with Crippen LogP contribution in [0.3, 0.4) is 0 Å². The normalized spacial score (nSPS) is 17.2. The quantitative estimate of drug-likeness (QED) is 0.799. The zero-order chi connectivity index (χ0) is 12.5. The fraction of sp³-hybridized carbons (Fsp3) is 0.583. The average Bonchev–Trinajstić information content (AvgIpc) is 3.15. The zero-order valence-electron chi connectivity index (χ0n) is 10.4. The predicted octanol–water partition coefficient (Wildman–Crippen LogP) is 0.348. The molecule has 2 aromatic rings. The van der Waals surface area contributed by atoms with Crippen molar-refractivity contribution in [3.63, 3.8) is 0 Å². The van der Waals surface area contributed by atoms with Crippen molar-refractivity contribution in [1.82, 2.24) is 24.9 Å². The van der Waals surface area contributed by atoms with Crippen LogP contribution in [0.1, 0.15) is 25.5 Å². The number of nitrogens with zero attached hydrogens (tertiary/aromatic N) is 3. The van der Waals surface area contributed by atoms with Gasteiger partial charge in [-0.25, -0.2) is 19.3 Å². The maximum Gasteiger partial charge on any atom is 0.348 e. The average molecular weight is 247 g/mol. The van der Waals surface area contributed by atoms with Crippen LogP contribution < -0.4 is 11.0 Å². The Morgan fingerprint density at radius 3 is 3.17 bits per heavy atom. The molecule has 0 aliphatic heterocycles. The van der Waals surface area contributed by atoms with E-state index in [-0.39, 0.29) is 5.69 Å². The fourth-order valence-corrected chi connectivity index (χ4v) is 2.35. The molecule has 1 atom stereocenters. The lowest BCUT2D eigenvalue weighted by atomic mass is 10.1. The van der Waals surface area contributed by atoms with Crippen LogP contribution in [0.25, 0.3) is 5.65 Å². The number of fused-ring (bicyclic) bond motifs is 1. The second kappa shape index (κ2) is 4.53. The van der Waals surface area contributed by atoms with Gasteiger partial charge in [-0.3, -0.25) is 0 Å².